The van der Waals surface area contributed by atoms with E-state index in [1.165, 1.54) is 12.7 Å². The second kappa shape index (κ2) is 13.8. The smallest absolute Gasteiger partial charge is 0.425 e. The van der Waals surface area contributed by atoms with Crippen LogP contribution >= 0.6 is 0 Å². The molecule has 1 aliphatic heterocycles. The number of alkyl halides is 1. The minimum absolute atomic E-state index is 0.0230. The fraction of sp³-hybridized carbons (Fsp3) is 0.735. The Balaban J connectivity index is 1.83. The summed E-state index contributed by atoms with van der Waals surface area (Å²) >= 11 is 0. The van der Waals surface area contributed by atoms with Gasteiger partial charge in [-0.2, -0.15) is 4.90 Å². The third-order valence-corrected chi connectivity index (χ3v) is 19.5. The largest absolute Gasteiger partial charge is 0.443 e. The molecule has 15 heteroatoms. The summed E-state index contributed by atoms with van der Waals surface area (Å²) in [5, 5.41) is 0. The highest BCUT2D eigenvalue weighted by Crippen LogP contribution is 2.52. The first-order valence-corrected chi connectivity index (χ1v) is 21.2. The van der Waals surface area contributed by atoms with Gasteiger partial charge in [0.05, 0.1) is 18.5 Å². The summed E-state index contributed by atoms with van der Waals surface area (Å²) in [5.41, 5.74) is -0.674. The summed E-state index contributed by atoms with van der Waals surface area (Å²) in [7, 11) is -5.96. The van der Waals surface area contributed by atoms with Gasteiger partial charge in [-0.15, -0.1) is 0 Å². The lowest BCUT2D eigenvalue weighted by Gasteiger charge is -2.51. The van der Waals surface area contributed by atoms with Gasteiger partial charge in [-0.05, 0) is 69.3 Å². The summed E-state index contributed by atoms with van der Waals surface area (Å²) in [5.74, 6) is -0.614. The molecule has 0 spiro atoms. The van der Waals surface area contributed by atoms with E-state index in [1.807, 2.05) is 0 Å². The van der Waals surface area contributed by atoms with Crippen molar-refractivity contribution in [3.05, 3.63) is 24.8 Å². The minimum atomic E-state index is -3.10. The number of fused-ring (bicyclic) bond motifs is 2. The van der Waals surface area contributed by atoms with Crippen LogP contribution in [0.4, 0.5) is 19.8 Å². The molecule has 0 aromatic carbocycles. The van der Waals surface area contributed by atoms with Crippen LogP contribution in [0.1, 0.15) is 103 Å². The summed E-state index contributed by atoms with van der Waals surface area (Å²) in [6.45, 7) is 31.7. The third-order valence-electron chi connectivity index (χ3n) is 9.22. The van der Waals surface area contributed by atoms with Gasteiger partial charge in [-0.3, -0.25) is 0 Å². The fourth-order valence-electron chi connectivity index (χ4n) is 6.93. The molecule has 0 radical (unpaired) electrons. The number of aromatic nitrogens is 4. The summed E-state index contributed by atoms with van der Waals surface area (Å²) in [6, 6.07) is -0.929. The van der Waals surface area contributed by atoms with E-state index < -0.39 is 64.7 Å². The van der Waals surface area contributed by atoms with Gasteiger partial charge in [0.2, 0.25) is 0 Å². The molecular formula is C34H56FN5O7Si2. The minimum Gasteiger partial charge on any atom is -0.443 e. The molecule has 12 nitrogen and oxygen atoms in total. The maximum absolute atomic E-state index is 17.1. The van der Waals surface area contributed by atoms with Gasteiger partial charge in [0.1, 0.15) is 17.5 Å². The van der Waals surface area contributed by atoms with Crippen molar-refractivity contribution in [1.82, 2.24) is 19.5 Å². The van der Waals surface area contributed by atoms with Crippen molar-refractivity contribution in [2.45, 2.75) is 149 Å². The molecule has 1 aliphatic carbocycles. The Morgan fingerprint density at radius 2 is 1.41 bits per heavy atom. The van der Waals surface area contributed by atoms with Crippen LogP contribution in [-0.2, 0) is 22.4 Å². The zero-order chi connectivity index (χ0) is 37.0. The summed E-state index contributed by atoms with van der Waals surface area (Å²) in [4.78, 5) is 40.8. The average molecular weight is 722 g/mol. The lowest BCUT2D eigenvalue weighted by molar-refractivity contribution is 0.00845. The molecular weight excluding hydrogens is 666 g/mol. The summed E-state index contributed by atoms with van der Waals surface area (Å²) < 4.78 is 51.0. The van der Waals surface area contributed by atoms with Crippen LogP contribution in [0.15, 0.2) is 24.8 Å². The Labute approximate surface area is 292 Å². The van der Waals surface area contributed by atoms with Crippen LogP contribution in [0, 0.1) is 5.92 Å². The van der Waals surface area contributed by atoms with E-state index in [4.69, 9.17) is 22.4 Å². The third kappa shape index (κ3) is 7.37. The molecule has 4 rings (SSSR count). The van der Waals surface area contributed by atoms with Crippen molar-refractivity contribution in [2.75, 3.05) is 11.5 Å². The molecule has 2 unspecified atom stereocenters. The van der Waals surface area contributed by atoms with Gasteiger partial charge in [-0.1, -0.05) is 62.0 Å². The maximum Gasteiger partial charge on any atom is 0.425 e. The number of halogens is 1. The van der Waals surface area contributed by atoms with Crippen molar-refractivity contribution < 1.29 is 36.4 Å². The van der Waals surface area contributed by atoms with Crippen molar-refractivity contribution >= 4 is 46.3 Å². The van der Waals surface area contributed by atoms with Crippen molar-refractivity contribution in [3.8, 4) is 0 Å². The fourth-order valence-corrected chi connectivity index (χ4v) is 18.2. The molecule has 0 N–H and O–H groups in total. The van der Waals surface area contributed by atoms with Gasteiger partial charge in [-0.25, -0.2) is 28.9 Å². The monoisotopic (exact) mass is 721 g/mol. The molecule has 49 heavy (non-hydrogen) atoms. The maximum atomic E-state index is 17.1. The van der Waals surface area contributed by atoms with Gasteiger partial charge in [0.15, 0.2) is 23.2 Å². The van der Waals surface area contributed by atoms with Gasteiger partial charge in [0, 0.05) is 12.5 Å². The standard InChI is InChI=1S/C34H56FN5O7Si2/c1-19(2)48(20(3)4)43-16-24-23(9)27(25(35)28(24)46-49(47-48,21(5)6)22(7)8)39-18-38-26-29(39)36-17-37-30(26)40(31(41)44-33(10,11)12)32(42)45-34(13,14)15/h17-22,24-25,27-28H,9,16H2,1-8,10-15H3/t24-,25-,27?,28?/m0/s1. The van der Waals surface area contributed by atoms with Crippen LogP contribution < -0.4 is 4.90 Å². The first-order valence-electron chi connectivity index (χ1n) is 17.3. The Morgan fingerprint density at radius 1 is 0.898 bits per heavy atom. The van der Waals surface area contributed by atoms with Crippen LogP contribution in [0.25, 0.3) is 11.2 Å². The Hall–Kier alpha value is -2.73. The number of carbonyl (C=O) groups is 2. The van der Waals surface area contributed by atoms with E-state index in [2.05, 4.69) is 76.9 Å². The van der Waals surface area contributed by atoms with Gasteiger partial charge < -0.3 is 27.0 Å². The lowest BCUT2D eigenvalue weighted by Crippen LogP contribution is -2.65. The number of rotatable bonds is 6. The number of ether oxygens (including phenoxy) is 2. The number of hydrogen-bond donors (Lipinski definition) is 0. The molecule has 274 valence electrons. The van der Waals surface area contributed by atoms with Gasteiger partial charge >= 0.3 is 29.3 Å². The number of imide groups is 1. The van der Waals surface area contributed by atoms with Crippen molar-refractivity contribution in [1.29, 1.82) is 0 Å². The first-order chi connectivity index (χ1) is 22.5. The molecule has 1 saturated carbocycles. The molecule has 0 bridgehead atoms. The second-order valence-electron chi connectivity index (χ2n) is 16.4. The Morgan fingerprint density at radius 3 is 1.88 bits per heavy atom. The Bertz CT molecular complexity index is 1510. The van der Waals surface area contributed by atoms with E-state index in [1.54, 1.807) is 46.1 Å². The zero-order valence-electron chi connectivity index (χ0n) is 31.7. The molecule has 4 atom stereocenters. The van der Waals surface area contributed by atoms with E-state index in [0.29, 0.717) is 10.5 Å². The number of amides is 2. The SMILES string of the molecule is C=C1C(n2cnc3c(N(C(=O)OC(C)(C)C)C(=O)OC(C)(C)C)ncnc32)[C@H](F)C2O[Si](C(C)C)(C(C)C)O[Si](C(C)C)(C(C)C)OC[C@@H]12. The van der Waals surface area contributed by atoms with E-state index in [9.17, 15) is 9.59 Å². The number of nitrogens with zero attached hydrogens (tertiary/aromatic N) is 5. The topological polar surface area (TPSA) is 127 Å². The molecule has 2 amide bonds. The van der Waals surface area contributed by atoms with Crippen LogP contribution in [0.5, 0.6) is 0 Å². The predicted molar refractivity (Wildman–Crippen MR) is 191 cm³/mol. The molecule has 2 aromatic rings. The summed E-state index contributed by atoms with van der Waals surface area (Å²) in [6.07, 6.45) is -1.80. The highest BCUT2D eigenvalue weighted by molar-refractivity contribution is 6.84. The van der Waals surface area contributed by atoms with E-state index >= 15 is 4.39 Å². The Kier molecular flexibility index (Phi) is 11.0. The molecule has 3 heterocycles. The quantitative estimate of drug-likeness (QED) is 0.212. The number of hydrogen-bond acceptors (Lipinski definition) is 10. The zero-order valence-corrected chi connectivity index (χ0v) is 33.7. The first kappa shape index (κ1) is 39.1. The highest BCUT2D eigenvalue weighted by Gasteiger charge is 2.62. The predicted octanol–water partition coefficient (Wildman–Crippen LogP) is 8.52. The van der Waals surface area contributed by atoms with Crippen LogP contribution in [0.2, 0.25) is 22.2 Å². The second-order valence-corrected chi connectivity index (χ2v) is 25.3. The normalized spacial score (nSPS) is 24.3. The molecule has 2 fully saturated rings. The van der Waals surface area contributed by atoms with Crippen LogP contribution in [-0.4, -0.2) is 78.9 Å². The highest BCUT2D eigenvalue weighted by atomic mass is 28.5. The van der Waals surface area contributed by atoms with Crippen molar-refractivity contribution in [3.63, 3.8) is 0 Å². The lowest BCUT2D eigenvalue weighted by atomic mass is 10.0. The number of carbonyl (C=O) groups excluding carboxylic acids is 2. The molecule has 1 saturated heterocycles. The molecule has 2 aliphatic rings. The molecule has 2 aromatic heterocycles. The van der Waals surface area contributed by atoms with E-state index in [-0.39, 0.29) is 45.8 Å². The van der Waals surface area contributed by atoms with Crippen LogP contribution in [0.3, 0.4) is 0 Å². The van der Waals surface area contributed by atoms with E-state index in [0.717, 1.165) is 0 Å². The number of imidazole rings is 1. The average Bonchev–Trinajstić information content (AvgIpc) is 3.44. The number of anilines is 1. The van der Waals surface area contributed by atoms with Crippen molar-refractivity contribution in [2.24, 2.45) is 5.92 Å². The van der Waals surface area contributed by atoms with Gasteiger partial charge in [0.25, 0.3) is 0 Å².